The molecule has 0 saturated heterocycles. The molecular formula is C5H4BrN3O2. The van der Waals surface area contributed by atoms with Crippen LogP contribution in [0, 0.1) is 10.1 Å². The molecule has 0 radical (unpaired) electrons. The van der Waals surface area contributed by atoms with E-state index >= 15 is 0 Å². The topological polar surface area (TPSA) is 68.1 Å². The van der Waals surface area contributed by atoms with Crippen LogP contribution in [0.4, 0.5) is 11.4 Å². The zero-order chi connectivity index (χ0) is 8.27. The Bertz CT molecular complexity index is 278. The van der Waals surface area contributed by atoms with Gasteiger partial charge in [-0.1, -0.05) is 0 Å². The predicted molar refractivity (Wildman–Crippen MR) is 43.4 cm³/mol. The summed E-state index contributed by atoms with van der Waals surface area (Å²) in [6.07, 6.45) is 2.65. The van der Waals surface area contributed by atoms with Gasteiger partial charge < -0.3 is 4.34 Å². The highest BCUT2D eigenvalue weighted by Crippen LogP contribution is 2.22. The van der Waals surface area contributed by atoms with Crippen molar-refractivity contribution in [3.05, 3.63) is 28.6 Å². The number of nitrogens with zero attached hydrogens (tertiary/aromatic N) is 2. The summed E-state index contributed by atoms with van der Waals surface area (Å²) < 4.78 is 2.51. The number of pyridine rings is 1. The van der Waals surface area contributed by atoms with Crippen molar-refractivity contribution in [2.75, 3.05) is 4.34 Å². The van der Waals surface area contributed by atoms with E-state index in [1.807, 2.05) is 0 Å². The molecule has 0 aliphatic carbocycles. The highest BCUT2D eigenvalue weighted by Gasteiger charge is 2.10. The number of nitrogens with one attached hydrogen (secondary N) is 1. The third-order valence-corrected chi connectivity index (χ3v) is 1.53. The van der Waals surface area contributed by atoms with Crippen LogP contribution in [0.3, 0.4) is 0 Å². The van der Waals surface area contributed by atoms with Crippen LogP contribution in [-0.4, -0.2) is 9.91 Å². The van der Waals surface area contributed by atoms with Crippen LogP contribution in [0.2, 0.25) is 0 Å². The summed E-state index contributed by atoms with van der Waals surface area (Å²) in [5, 5.41) is 10.3. The van der Waals surface area contributed by atoms with Crippen LogP contribution in [0.5, 0.6) is 0 Å². The molecule has 11 heavy (non-hydrogen) atoms. The van der Waals surface area contributed by atoms with Gasteiger partial charge in [-0.3, -0.25) is 15.1 Å². The van der Waals surface area contributed by atoms with E-state index < -0.39 is 4.92 Å². The summed E-state index contributed by atoms with van der Waals surface area (Å²) in [5.41, 5.74) is 0.342. The van der Waals surface area contributed by atoms with Crippen molar-refractivity contribution < 1.29 is 4.92 Å². The molecule has 0 amide bonds. The lowest BCUT2D eigenvalue weighted by Crippen LogP contribution is -1.92. The molecule has 5 nitrogen and oxygen atoms in total. The lowest BCUT2D eigenvalue weighted by Gasteiger charge is -1.96. The third-order valence-electron chi connectivity index (χ3n) is 1.10. The van der Waals surface area contributed by atoms with Crippen LogP contribution >= 0.6 is 16.1 Å². The Labute approximate surface area is 70.9 Å². The van der Waals surface area contributed by atoms with Gasteiger partial charge in [0.15, 0.2) is 0 Å². The van der Waals surface area contributed by atoms with Crippen molar-refractivity contribution in [1.82, 2.24) is 4.98 Å². The van der Waals surface area contributed by atoms with E-state index in [1.165, 1.54) is 18.5 Å². The van der Waals surface area contributed by atoms with Crippen LogP contribution in [-0.2, 0) is 0 Å². The van der Waals surface area contributed by atoms with Gasteiger partial charge in [-0.05, 0) is 6.07 Å². The molecule has 1 aromatic rings. The van der Waals surface area contributed by atoms with Gasteiger partial charge in [0, 0.05) is 22.3 Å². The monoisotopic (exact) mass is 217 g/mol. The number of hydrogen-bond donors (Lipinski definition) is 1. The Balaban J connectivity index is 3.12. The Morgan fingerprint density at radius 2 is 2.45 bits per heavy atom. The number of rotatable bonds is 2. The molecule has 1 aromatic heterocycles. The summed E-state index contributed by atoms with van der Waals surface area (Å²) in [5.74, 6) is 0. The first kappa shape index (κ1) is 7.93. The Morgan fingerprint density at radius 1 is 1.73 bits per heavy atom. The quantitative estimate of drug-likeness (QED) is 0.466. The van der Waals surface area contributed by atoms with Crippen LogP contribution in [0.15, 0.2) is 18.5 Å². The van der Waals surface area contributed by atoms with E-state index in [9.17, 15) is 10.1 Å². The van der Waals surface area contributed by atoms with Gasteiger partial charge >= 0.3 is 5.69 Å². The van der Waals surface area contributed by atoms with Crippen molar-refractivity contribution in [3.63, 3.8) is 0 Å². The molecule has 0 saturated carbocycles. The SMILES string of the molecule is O=[N+]([O-])c1cnccc1NBr. The molecule has 1 heterocycles. The van der Waals surface area contributed by atoms with E-state index in [2.05, 4.69) is 25.5 Å². The number of anilines is 1. The van der Waals surface area contributed by atoms with Crippen LogP contribution < -0.4 is 4.34 Å². The largest absolute Gasteiger partial charge is 0.316 e. The third kappa shape index (κ3) is 1.64. The fourth-order valence-corrected chi connectivity index (χ4v) is 0.947. The van der Waals surface area contributed by atoms with Crippen LogP contribution in [0.1, 0.15) is 0 Å². The second-order valence-electron chi connectivity index (χ2n) is 1.74. The van der Waals surface area contributed by atoms with E-state index in [0.717, 1.165) is 0 Å². The second kappa shape index (κ2) is 3.29. The fourth-order valence-electron chi connectivity index (χ4n) is 0.612. The van der Waals surface area contributed by atoms with Crippen LogP contribution in [0.25, 0.3) is 0 Å². The average molecular weight is 218 g/mol. The first-order valence-electron chi connectivity index (χ1n) is 2.70. The first-order valence-corrected chi connectivity index (χ1v) is 3.50. The minimum absolute atomic E-state index is 0.0515. The molecule has 0 bridgehead atoms. The smallest absolute Gasteiger partial charge is 0.311 e. The van der Waals surface area contributed by atoms with Crippen molar-refractivity contribution >= 4 is 27.5 Å². The fraction of sp³-hybridized carbons (Fsp3) is 0. The molecule has 0 aliphatic rings. The molecule has 0 aromatic carbocycles. The van der Waals surface area contributed by atoms with Gasteiger partial charge in [0.05, 0.1) is 4.92 Å². The average Bonchev–Trinajstić information content (AvgIpc) is 2.04. The second-order valence-corrected chi connectivity index (χ2v) is 2.14. The lowest BCUT2D eigenvalue weighted by molar-refractivity contribution is -0.384. The molecule has 0 atom stereocenters. The van der Waals surface area contributed by atoms with Gasteiger partial charge in [0.1, 0.15) is 11.9 Å². The van der Waals surface area contributed by atoms with Gasteiger partial charge in [0.2, 0.25) is 0 Å². The number of halogens is 1. The zero-order valence-corrected chi connectivity index (χ0v) is 6.91. The van der Waals surface area contributed by atoms with Gasteiger partial charge in [-0.15, -0.1) is 0 Å². The molecule has 0 aliphatic heterocycles. The standard InChI is InChI=1S/C5H4BrN3O2/c6-8-4-1-2-7-3-5(4)9(10)11/h1-3H,(H,7,8). The maximum Gasteiger partial charge on any atom is 0.311 e. The van der Waals surface area contributed by atoms with Gasteiger partial charge in [-0.2, -0.15) is 0 Å². The number of aromatic nitrogens is 1. The Hall–Kier alpha value is -1.17. The number of hydrogen-bond acceptors (Lipinski definition) is 4. The normalized spacial score (nSPS) is 9.18. The highest BCUT2D eigenvalue weighted by atomic mass is 79.9. The van der Waals surface area contributed by atoms with E-state index in [0.29, 0.717) is 5.69 Å². The summed E-state index contributed by atoms with van der Waals surface area (Å²) in [6, 6.07) is 1.51. The summed E-state index contributed by atoms with van der Waals surface area (Å²) in [4.78, 5) is 13.4. The Kier molecular flexibility index (Phi) is 2.37. The van der Waals surface area contributed by atoms with Crippen molar-refractivity contribution in [1.29, 1.82) is 0 Å². The van der Waals surface area contributed by atoms with E-state index in [4.69, 9.17) is 0 Å². The summed E-state index contributed by atoms with van der Waals surface area (Å²) >= 11 is 2.89. The molecular weight excluding hydrogens is 214 g/mol. The lowest BCUT2D eigenvalue weighted by atomic mass is 10.4. The van der Waals surface area contributed by atoms with Crippen molar-refractivity contribution in [2.24, 2.45) is 0 Å². The maximum atomic E-state index is 10.3. The molecule has 0 spiro atoms. The van der Waals surface area contributed by atoms with E-state index in [-0.39, 0.29) is 5.69 Å². The van der Waals surface area contributed by atoms with E-state index in [1.54, 1.807) is 0 Å². The van der Waals surface area contributed by atoms with Crippen molar-refractivity contribution in [2.45, 2.75) is 0 Å². The minimum atomic E-state index is -0.503. The molecule has 0 unspecified atom stereocenters. The molecule has 1 N–H and O–H groups in total. The predicted octanol–water partition coefficient (Wildman–Crippen LogP) is 1.71. The maximum absolute atomic E-state index is 10.3. The Morgan fingerprint density at radius 3 is 2.91 bits per heavy atom. The molecule has 0 fully saturated rings. The minimum Gasteiger partial charge on any atom is -0.316 e. The van der Waals surface area contributed by atoms with Crippen molar-refractivity contribution in [3.8, 4) is 0 Å². The highest BCUT2D eigenvalue weighted by molar-refractivity contribution is 9.10. The zero-order valence-electron chi connectivity index (χ0n) is 5.32. The number of nitro groups is 1. The molecule has 58 valence electrons. The first-order chi connectivity index (χ1) is 5.25. The van der Waals surface area contributed by atoms with Gasteiger partial charge in [0.25, 0.3) is 0 Å². The van der Waals surface area contributed by atoms with Gasteiger partial charge in [-0.25, -0.2) is 0 Å². The summed E-state index contributed by atoms with van der Waals surface area (Å²) in [6.45, 7) is 0. The molecule has 6 heteroatoms. The summed E-state index contributed by atoms with van der Waals surface area (Å²) in [7, 11) is 0. The molecule has 1 rings (SSSR count).